The van der Waals surface area contributed by atoms with Crippen LogP contribution in [0.4, 0.5) is 8.78 Å². The Morgan fingerprint density at radius 2 is 2.00 bits per heavy atom. The van der Waals surface area contributed by atoms with E-state index in [2.05, 4.69) is 15.4 Å². The fraction of sp³-hybridized carbons (Fsp3) is 0.273. The summed E-state index contributed by atoms with van der Waals surface area (Å²) >= 11 is 0. The Morgan fingerprint density at radius 1 is 1.31 bits per heavy atom. The average Bonchev–Trinajstić information content (AvgIpc) is 2.70. The molecule has 84 valence electrons. The van der Waals surface area contributed by atoms with E-state index in [4.69, 9.17) is 0 Å². The zero-order valence-corrected chi connectivity index (χ0v) is 8.74. The molecular weight excluding hydrogens is 212 g/mol. The minimum atomic E-state index is -0.518. The van der Waals surface area contributed by atoms with Crippen molar-refractivity contribution in [2.75, 3.05) is 0 Å². The number of aromatic nitrogens is 3. The van der Waals surface area contributed by atoms with E-state index in [9.17, 15) is 8.78 Å². The molecule has 0 spiro atoms. The Bertz CT molecular complexity index is 448. The minimum Gasteiger partial charge on any atom is -0.207 e. The molecule has 1 unspecified atom stereocenters. The summed E-state index contributed by atoms with van der Waals surface area (Å²) in [6.07, 6.45) is 2.00. The van der Waals surface area contributed by atoms with Gasteiger partial charge in [-0.05, 0) is 24.5 Å². The van der Waals surface area contributed by atoms with Crippen LogP contribution in [0.1, 0.15) is 24.1 Å². The van der Waals surface area contributed by atoms with Gasteiger partial charge >= 0.3 is 0 Å². The van der Waals surface area contributed by atoms with Crippen molar-refractivity contribution in [1.29, 1.82) is 0 Å². The third-order valence-corrected chi connectivity index (χ3v) is 2.47. The van der Waals surface area contributed by atoms with Crippen LogP contribution in [-0.4, -0.2) is 15.4 Å². The van der Waals surface area contributed by atoms with Crippen molar-refractivity contribution >= 4 is 0 Å². The lowest BCUT2D eigenvalue weighted by Crippen LogP contribution is -2.04. The summed E-state index contributed by atoms with van der Waals surface area (Å²) in [7, 11) is 0. The lowest BCUT2D eigenvalue weighted by molar-refractivity contribution is 0.529. The van der Waals surface area contributed by atoms with Gasteiger partial charge in [0, 0.05) is 5.56 Å². The van der Waals surface area contributed by atoms with Crippen LogP contribution in [-0.2, 0) is 6.42 Å². The number of hydrogen-bond donors (Lipinski definition) is 1. The zero-order valence-electron chi connectivity index (χ0n) is 8.74. The van der Waals surface area contributed by atoms with Crippen LogP contribution in [0.2, 0.25) is 0 Å². The molecule has 0 aliphatic rings. The maximum absolute atomic E-state index is 13.4. The van der Waals surface area contributed by atoms with E-state index in [1.165, 1.54) is 18.2 Å². The fourth-order valence-corrected chi connectivity index (χ4v) is 1.72. The van der Waals surface area contributed by atoms with Crippen molar-refractivity contribution in [2.45, 2.75) is 19.3 Å². The van der Waals surface area contributed by atoms with Crippen molar-refractivity contribution in [2.24, 2.45) is 0 Å². The van der Waals surface area contributed by atoms with Gasteiger partial charge < -0.3 is 0 Å². The summed E-state index contributed by atoms with van der Waals surface area (Å²) < 4.78 is 26.9. The van der Waals surface area contributed by atoms with E-state index in [0.717, 1.165) is 0 Å². The Kier molecular flexibility index (Phi) is 2.94. The second-order valence-electron chi connectivity index (χ2n) is 3.70. The van der Waals surface area contributed by atoms with E-state index in [0.29, 0.717) is 12.1 Å². The molecule has 1 heterocycles. The normalized spacial score (nSPS) is 12.7. The molecule has 0 saturated heterocycles. The largest absolute Gasteiger partial charge is 0.207 e. The Labute approximate surface area is 91.5 Å². The fourth-order valence-electron chi connectivity index (χ4n) is 1.72. The number of aromatic amines is 1. The second-order valence-corrected chi connectivity index (χ2v) is 3.70. The number of halogens is 2. The summed E-state index contributed by atoms with van der Waals surface area (Å²) in [6.45, 7) is 1.76. The molecule has 0 aliphatic heterocycles. The molecular formula is C11H11F2N3. The number of nitrogens with one attached hydrogen (secondary N) is 1. The van der Waals surface area contributed by atoms with Crippen LogP contribution in [0.5, 0.6) is 0 Å². The maximum Gasteiger partial charge on any atom is 0.129 e. The van der Waals surface area contributed by atoms with Crippen LogP contribution in [0.25, 0.3) is 0 Å². The topological polar surface area (TPSA) is 41.6 Å². The molecule has 16 heavy (non-hydrogen) atoms. The van der Waals surface area contributed by atoms with E-state index in [-0.39, 0.29) is 11.5 Å². The maximum atomic E-state index is 13.4. The monoisotopic (exact) mass is 223 g/mol. The molecule has 1 atom stereocenters. The third kappa shape index (κ3) is 2.08. The van der Waals surface area contributed by atoms with Crippen molar-refractivity contribution in [3.05, 3.63) is 47.3 Å². The molecule has 1 N–H and O–H groups in total. The van der Waals surface area contributed by atoms with Gasteiger partial charge in [-0.1, -0.05) is 13.0 Å². The van der Waals surface area contributed by atoms with Crippen molar-refractivity contribution in [3.63, 3.8) is 0 Å². The average molecular weight is 223 g/mol. The van der Waals surface area contributed by atoms with Crippen molar-refractivity contribution in [1.82, 2.24) is 15.4 Å². The van der Waals surface area contributed by atoms with Gasteiger partial charge in [-0.2, -0.15) is 15.4 Å². The quantitative estimate of drug-likeness (QED) is 0.868. The van der Waals surface area contributed by atoms with Gasteiger partial charge in [0.15, 0.2) is 0 Å². The van der Waals surface area contributed by atoms with Gasteiger partial charge in [0.05, 0.1) is 11.9 Å². The number of H-pyrrole nitrogens is 1. The number of nitrogens with zero attached hydrogens (tertiary/aromatic N) is 2. The zero-order chi connectivity index (χ0) is 11.5. The summed E-state index contributed by atoms with van der Waals surface area (Å²) in [5.41, 5.74) is 0.792. The van der Waals surface area contributed by atoms with Gasteiger partial charge in [0.2, 0.25) is 0 Å². The standard InChI is InChI=1S/C11H11F2N3/c1-7(5-8-6-14-16-15-8)11-9(12)3-2-4-10(11)13/h2-4,6-7H,5H2,1H3,(H,14,15,16). The molecule has 3 nitrogen and oxygen atoms in total. The molecule has 0 amide bonds. The first-order valence-corrected chi connectivity index (χ1v) is 4.97. The molecule has 0 fully saturated rings. The smallest absolute Gasteiger partial charge is 0.129 e. The highest BCUT2D eigenvalue weighted by Crippen LogP contribution is 2.24. The van der Waals surface area contributed by atoms with E-state index < -0.39 is 11.6 Å². The summed E-state index contributed by atoms with van der Waals surface area (Å²) in [4.78, 5) is 0. The number of benzene rings is 1. The Hall–Kier alpha value is -1.78. The van der Waals surface area contributed by atoms with Crippen LogP contribution in [0.15, 0.2) is 24.4 Å². The second kappa shape index (κ2) is 4.38. The SMILES string of the molecule is CC(Cc1cn[nH]n1)c1c(F)cccc1F. The first kappa shape index (κ1) is 10.7. The third-order valence-electron chi connectivity index (χ3n) is 2.47. The predicted molar refractivity (Wildman–Crippen MR) is 54.9 cm³/mol. The summed E-state index contributed by atoms with van der Waals surface area (Å²) in [5, 5.41) is 9.98. The number of rotatable bonds is 3. The van der Waals surface area contributed by atoms with Gasteiger partial charge in [0.1, 0.15) is 11.6 Å². The van der Waals surface area contributed by atoms with E-state index in [1.807, 2.05) is 0 Å². The molecule has 0 saturated carbocycles. The van der Waals surface area contributed by atoms with Crippen LogP contribution < -0.4 is 0 Å². The Morgan fingerprint density at radius 3 is 2.56 bits per heavy atom. The number of hydrogen-bond acceptors (Lipinski definition) is 2. The van der Waals surface area contributed by atoms with Crippen molar-refractivity contribution < 1.29 is 8.78 Å². The van der Waals surface area contributed by atoms with Crippen LogP contribution in [0, 0.1) is 11.6 Å². The van der Waals surface area contributed by atoms with Gasteiger partial charge in [-0.15, -0.1) is 0 Å². The first-order valence-electron chi connectivity index (χ1n) is 4.97. The first-order chi connectivity index (χ1) is 7.68. The molecule has 1 aromatic carbocycles. The van der Waals surface area contributed by atoms with Gasteiger partial charge in [-0.3, -0.25) is 0 Å². The highest BCUT2D eigenvalue weighted by atomic mass is 19.1. The van der Waals surface area contributed by atoms with Crippen LogP contribution in [0.3, 0.4) is 0 Å². The van der Waals surface area contributed by atoms with E-state index >= 15 is 0 Å². The molecule has 0 aliphatic carbocycles. The summed E-state index contributed by atoms with van der Waals surface area (Å²) in [6, 6.07) is 3.88. The highest BCUT2D eigenvalue weighted by molar-refractivity contribution is 5.24. The predicted octanol–water partition coefficient (Wildman–Crippen LogP) is 2.43. The Balaban J connectivity index is 2.24. The highest BCUT2D eigenvalue weighted by Gasteiger charge is 2.17. The van der Waals surface area contributed by atoms with Gasteiger partial charge in [0.25, 0.3) is 0 Å². The van der Waals surface area contributed by atoms with Gasteiger partial charge in [-0.25, -0.2) is 8.78 Å². The van der Waals surface area contributed by atoms with E-state index in [1.54, 1.807) is 13.1 Å². The molecule has 0 bridgehead atoms. The van der Waals surface area contributed by atoms with Crippen LogP contribution >= 0.6 is 0 Å². The molecule has 0 radical (unpaired) electrons. The summed E-state index contributed by atoms with van der Waals surface area (Å²) in [5.74, 6) is -1.31. The lowest BCUT2D eigenvalue weighted by atomic mass is 9.95. The molecule has 2 aromatic rings. The van der Waals surface area contributed by atoms with Crippen molar-refractivity contribution in [3.8, 4) is 0 Å². The molecule has 1 aromatic heterocycles. The molecule has 2 rings (SSSR count). The lowest BCUT2D eigenvalue weighted by Gasteiger charge is -2.11. The minimum absolute atomic E-state index is 0.102. The molecule has 5 heteroatoms.